The lowest BCUT2D eigenvalue weighted by Crippen LogP contribution is -2.35. The van der Waals surface area contributed by atoms with Crippen molar-refractivity contribution in [2.45, 2.75) is 5.60 Å². The first-order valence-electron chi connectivity index (χ1n) is 8.06. The quantitative estimate of drug-likeness (QED) is 0.610. The van der Waals surface area contributed by atoms with Gasteiger partial charge in [0.25, 0.3) is 0 Å². The molecule has 1 nitrogen and oxygen atoms in total. The van der Waals surface area contributed by atoms with E-state index in [-0.39, 0.29) is 0 Å². The smallest absolute Gasteiger partial charge is 0.168 e. The van der Waals surface area contributed by atoms with Gasteiger partial charge in [-0.3, -0.25) is 0 Å². The van der Waals surface area contributed by atoms with E-state index in [9.17, 15) is 0 Å². The molecule has 0 aromatic heterocycles. The summed E-state index contributed by atoms with van der Waals surface area (Å²) >= 11 is 1.81. The normalized spacial score (nSPS) is 16.1. The molecule has 1 aliphatic rings. The van der Waals surface area contributed by atoms with Crippen molar-refractivity contribution >= 4 is 17.5 Å². The predicted molar refractivity (Wildman–Crippen MR) is 102 cm³/mol. The summed E-state index contributed by atoms with van der Waals surface area (Å²) in [6, 6.07) is 31.3. The van der Waals surface area contributed by atoms with Crippen LogP contribution in [0.5, 0.6) is 0 Å². The Labute approximate surface area is 147 Å². The van der Waals surface area contributed by atoms with Gasteiger partial charge >= 0.3 is 0 Å². The lowest BCUT2D eigenvalue weighted by molar-refractivity contribution is 0.101. The van der Waals surface area contributed by atoms with Gasteiger partial charge in [0.15, 0.2) is 5.60 Å². The summed E-state index contributed by atoms with van der Waals surface area (Å²) in [4.78, 5) is 0. The molecule has 3 aromatic carbocycles. The highest BCUT2D eigenvalue weighted by molar-refractivity contribution is 8.02. The highest BCUT2D eigenvalue weighted by atomic mass is 32.2. The Balaban J connectivity index is 1.82. The summed E-state index contributed by atoms with van der Waals surface area (Å²) in [6.45, 7) is 0. The largest absolute Gasteiger partial charge is 0.476 e. The summed E-state index contributed by atoms with van der Waals surface area (Å²) in [5.74, 6) is 1.79. The van der Waals surface area contributed by atoms with Crippen LogP contribution in [0.4, 0.5) is 0 Å². The van der Waals surface area contributed by atoms with Crippen molar-refractivity contribution in [3.63, 3.8) is 0 Å². The number of ether oxygens (including phenoxy) is 1. The fourth-order valence-electron chi connectivity index (χ4n) is 3.07. The second-order valence-corrected chi connectivity index (χ2v) is 6.68. The molecule has 2 heteroatoms. The van der Waals surface area contributed by atoms with Crippen molar-refractivity contribution in [1.82, 2.24) is 0 Å². The van der Waals surface area contributed by atoms with Crippen LogP contribution in [0.25, 0.3) is 5.76 Å². The first kappa shape index (κ1) is 15.1. The molecule has 0 radical (unpaired) electrons. The molecule has 1 heterocycles. The van der Waals surface area contributed by atoms with Crippen molar-refractivity contribution in [3.8, 4) is 0 Å². The molecule has 0 amide bonds. The molecule has 0 N–H and O–H groups in total. The summed E-state index contributed by atoms with van der Waals surface area (Å²) in [6.07, 6.45) is 0. The van der Waals surface area contributed by atoms with E-state index in [4.69, 9.17) is 4.74 Å². The van der Waals surface area contributed by atoms with E-state index in [1.54, 1.807) is 0 Å². The Bertz CT molecular complexity index is 786. The Hall–Kier alpha value is -2.45. The first-order valence-corrected chi connectivity index (χ1v) is 9.11. The third-order valence-corrected chi connectivity index (χ3v) is 5.25. The van der Waals surface area contributed by atoms with Crippen molar-refractivity contribution in [3.05, 3.63) is 113 Å². The minimum atomic E-state index is -0.465. The van der Waals surface area contributed by atoms with Gasteiger partial charge in [-0.15, -0.1) is 11.8 Å². The summed E-state index contributed by atoms with van der Waals surface area (Å²) in [5, 5.41) is 2.12. The van der Waals surface area contributed by atoms with Gasteiger partial charge in [-0.2, -0.15) is 0 Å². The number of hydrogen-bond donors (Lipinski definition) is 0. The molecule has 3 aromatic rings. The molecule has 4 rings (SSSR count). The molecule has 0 aliphatic carbocycles. The van der Waals surface area contributed by atoms with Crippen LogP contribution in [0.2, 0.25) is 0 Å². The van der Waals surface area contributed by atoms with E-state index in [0.29, 0.717) is 0 Å². The molecule has 1 aliphatic heterocycles. The Kier molecular flexibility index (Phi) is 4.14. The van der Waals surface area contributed by atoms with Crippen molar-refractivity contribution < 1.29 is 4.74 Å². The van der Waals surface area contributed by atoms with Crippen LogP contribution in [0, 0.1) is 0 Å². The van der Waals surface area contributed by atoms with Crippen LogP contribution in [0.1, 0.15) is 16.7 Å². The van der Waals surface area contributed by atoms with E-state index in [0.717, 1.165) is 17.1 Å². The maximum absolute atomic E-state index is 6.67. The fourth-order valence-corrected chi connectivity index (χ4v) is 4.12. The predicted octanol–water partition coefficient (Wildman–Crippen LogP) is 5.69. The fraction of sp³-hybridized carbons (Fsp3) is 0.0909. The van der Waals surface area contributed by atoms with Crippen LogP contribution in [-0.4, -0.2) is 5.75 Å². The van der Waals surface area contributed by atoms with Crippen molar-refractivity contribution in [1.29, 1.82) is 0 Å². The highest BCUT2D eigenvalue weighted by Crippen LogP contribution is 2.44. The van der Waals surface area contributed by atoms with Crippen molar-refractivity contribution in [2.24, 2.45) is 0 Å². The Morgan fingerprint density at radius 1 is 0.667 bits per heavy atom. The third kappa shape index (κ3) is 2.74. The van der Waals surface area contributed by atoms with Crippen LogP contribution in [0.3, 0.4) is 0 Å². The lowest BCUT2D eigenvalue weighted by atomic mass is 9.87. The molecule has 0 saturated heterocycles. The maximum Gasteiger partial charge on any atom is 0.168 e. The molecule has 118 valence electrons. The molecule has 0 saturated carbocycles. The van der Waals surface area contributed by atoms with E-state index in [2.05, 4.69) is 66.1 Å². The van der Waals surface area contributed by atoms with Crippen LogP contribution in [0.15, 0.2) is 96.4 Å². The second-order valence-electron chi connectivity index (χ2n) is 5.82. The minimum absolute atomic E-state index is 0.465. The van der Waals surface area contributed by atoms with Gasteiger partial charge in [0, 0.05) is 27.9 Å². The average Bonchev–Trinajstić information content (AvgIpc) is 2.70. The molecule has 0 unspecified atom stereocenters. The summed E-state index contributed by atoms with van der Waals surface area (Å²) in [5.41, 5.74) is 3.02. The maximum atomic E-state index is 6.67. The van der Waals surface area contributed by atoms with Gasteiger partial charge in [0.1, 0.15) is 5.76 Å². The SMILES string of the molecule is C1=C(c2ccccc2)OC(c2ccccc2)(c2ccccc2)CS1. The van der Waals surface area contributed by atoms with Gasteiger partial charge in [-0.1, -0.05) is 91.0 Å². The van der Waals surface area contributed by atoms with E-state index in [1.165, 1.54) is 11.1 Å². The molecule has 0 fully saturated rings. The van der Waals surface area contributed by atoms with E-state index >= 15 is 0 Å². The second kappa shape index (κ2) is 6.58. The molecule has 24 heavy (non-hydrogen) atoms. The topological polar surface area (TPSA) is 9.23 Å². The molecule has 0 bridgehead atoms. The number of hydrogen-bond acceptors (Lipinski definition) is 2. The number of thioether (sulfide) groups is 1. The first-order chi connectivity index (χ1) is 11.9. The number of rotatable bonds is 3. The Morgan fingerprint density at radius 3 is 1.71 bits per heavy atom. The highest BCUT2D eigenvalue weighted by Gasteiger charge is 2.39. The standard InChI is InChI=1S/C22H18OS/c1-4-10-18(11-5-1)21-16-24-17-22(23-21,19-12-6-2-7-13-19)20-14-8-3-9-15-20/h1-16H,17H2. The average molecular weight is 330 g/mol. The summed E-state index contributed by atoms with van der Waals surface area (Å²) in [7, 11) is 0. The third-order valence-electron chi connectivity index (χ3n) is 4.30. The zero-order valence-corrected chi connectivity index (χ0v) is 14.1. The zero-order chi connectivity index (χ0) is 16.2. The molecular weight excluding hydrogens is 312 g/mol. The van der Waals surface area contributed by atoms with Gasteiger partial charge in [0.05, 0.1) is 0 Å². The molecular formula is C22H18OS. The lowest BCUT2D eigenvalue weighted by Gasteiger charge is -2.38. The molecule has 0 spiro atoms. The van der Waals surface area contributed by atoms with Gasteiger partial charge in [-0.25, -0.2) is 0 Å². The summed E-state index contributed by atoms with van der Waals surface area (Å²) < 4.78 is 6.67. The van der Waals surface area contributed by atoms with Crippen LogP contribution >= 0.6 is 11.8 Å². The van der Waals surface area contributed by atoms with E-state index in [1.807, 2.05) is 42.1 Å². The minimum Gasteiger partial charge on any atom is -0.476 e. The van der Waals surface area contributed by atoms with Crippen LogP contribution < -0.4 is 0 Å². The van der Waals surface area contributed by atoms with Crippen molar-refractivity contribution in [2.75, 3.05) is 5.75 Å². The van der Waals surface area contributed by atoms with Gasteiger partial charge in [0.2, 0.25) is 0 Å². The van der Waals surface area contributed by atoms with E-state index < -0.39 is 5.60 Å². The van der Waals surface area contributed by atoms with Gasteiger partial charge in [-0.05, 0) is 0 Å². The zero-order valence-electron chi connectivity index (χ0n) is 13.3. The Morgan fingerprint density at radius 2 is 1.17 bits per heavy atom. The number of benzene rings is 3. The van der Waals surface area contributed by atoms with Gasteiger partial charge < -0.3 is 4.74 Å². The van der Waals surface area contributed by atoms with Crippen LogP contribution in [-0.2, 0) is 10.3 Å². The monoisotopic (exact) mass is 330 g/mol. The molecule has 0 atom stereocenters.